The summed E-state index contributed by atoms with van der Waals surface area (Å²) in [6, 6.07) is 18.0. The molecule has 1 unspecified atom stereocenters. The average Bonchev–Trinajstić information content (AvgIpc) is 2.60. The van der Waals surface area contributed by atoms with Crippen LogP contribution in [0.15, 0.2) is 60.7 Å². The lowest BCUT2D eigenvalue weighted by Gasteiger charge is -2.21. The second-order valence-electron chi connectivity index (χ2n) is 4.16. The van der Waals surface area contributed by atoms with Gasteiger partial charge in [-0.05, 0) is 11.1 Å². The van der Waals surface area contributed by atoms with Gasteiger partial charge in [0, 0.05) is 5.92 Å². The van der Waals surface area contributed by atoms with Crippen LogP contribution in [-0.4, -0.2) is 17.1 Å². The Morgan fingerprint density at radius 2 is 1.14 bits per heavy atom. The minimum Gasteiger partial charge on any atom is -0.480 e. The molecule has 22 heavy (non-hydrogen) atoms. The highest BCUT2D eigenvalue weighted by atomic mass is 16.4. The van der Waals surface area contributed by atoms with E-state index in [4.69, 9.17) is 10.8 Å². The summed E-state index contributed by atoms with van der Waals surface area (Å²) in [5.74, 6) is -1.32. The van der Waals surface area contributed by atoms with Crippen LogP contribution in [0.2, 0.25) is 0 Å². The maximum absolute atomic E-state index is 11.2. The van der Waals surface area contributed by atoms with Gasteiger partial charge in [0.1, 0.15) is 6.04 Å². The number of rotatable bonds is 4. The summed E-state index contributed by atoms with van der Waals surface area (Å²) in [6.07, 6.45) is 0. The number of aliphatic carboxylic acids is 1. The molecule has 0 fully saturated rings. The molecule has 0 heterocycles. The third-order valence-electron chi connectivity index (χ3n) is 2.96. The van der Waals surface area contributed by atoms with Gasteiger partial charge < -0.3 is 10.8 Å². The quantitative estimate of drug-likeness (QED) is 0.885. The number of carboxylic acids is 1. The van der Waals surface area contributed by atoms with Crippen LogP contribution >= 0.6 is 0 Å². The molecule has 0 bridgehead atoms. The van der Waals surface area contributed by atoms with Crippen LogP contribution in [0.25, 0.3) is 0 Å². The monoisotopic (exact) mass is 301 g/mol. The van der Waals surface area contributed by atoms with Gasteiger partial charge in [-0.3, -0.25) is 4.79 Å². The fraction of sp³-hybridized carbons (Fsp3) is 0.316. The molecule has 3 N–H and O–H groups in total. The van der Waals surface area contributed by atoms with E-state index in [0.717, 1.165) is 11.1 Å². The fourth-order valence-electron chi connectivity index (χ4n) is 2.07. The molecule has 0 spiro atoms. The van der Waals surface area contributed by atoms with Crippen molar-refractivity contribution in [2.75, 3.05) is 0 Å². The number of benzene rings is 2. The van der Waals surface area contributed by atoms with Crippen LogP contribution in [0.4, 0.5) is 0 Å². The number of carbonyl (C=O) groups is 1. The van der Waals surface area contributed by atoms with Crippen molar-refractivity contribution in [2.45, 2.75) is 39.7 Å². The standard InChI is InChI=1S/C15H15NO2.2C2H6/c16-14(15(17)18)13(11-7-3-1-4-8-11)12-9-5-2-6-10-12;2*1-2/h1-10,13-14H,16H2,(H,17,18);2*1-2H3. The zero-order valence-electron chi connectivity index (χ0n) is 13.9. The first-order valence-corrected chi connectivity index (χ1v) is 7.78. The molecule has 0 aliphatic heterocycles. The highest BCUT2D eigenvalue weighted by Gasteiger charge is 2.26. The van der Waals surface area contributed by atoms with Crippen molar-refractivity contribution >= 4 is 5.97 Å². The summed E-state index contributed by atoms with van der Waals surface area (Å²) in [5, 5.41) is 9.15. The van der Waals surface area contributed by atoms with Crippen LogP contribution in [0.5, 0.6) is 0 Å². The SMILES string of the molecule is CC.CC.NC(C(=O)O)C(c1ccccc1)c1ccccc1. The van der Waals surface area contributed by atoms with E-state index in [1.807, 2.05) is 88.4 Å². The molecule has 2 aromatic rings. The van der Waals surface area contributed by atoms with Crippen molar-refractivity contribution in [3.05, 3.63) is 71.8 Å². The molecule has 0 aliphatic rings. The Balaban J connectivity index is 0.00000102. The number of nitrogens with two attached hydrogens (primary N) is 1. The zero-order valence-corrected chi connectivity index (χ0v) is 13.9. The van der Waals surface area contributed by atoms with Crippen molar-refractivity contribution in [3.63, 3.8) is 0 Å². The summed E-state index contributed by atoms with van der Waals surface area (Å²) in [5.41, 5.74) is 7.66. The van der Waals surface area contributed by atoms with Gasteiger partial charge in [-0.25, -0.2) is 0 Å². The molecule has 0 amide bonds. The Morgan fingerprint density at radius 1 is 0.818 bits per heavy atom. The molecule has 0 radical (unpaired) electrons. The van der Waals surface area contributed by atoms with Gasteiger partial charge in [-0.2, -0.15) is 0 Å². The largest absolute Gasteiger partial charge is 0.480 e. The van der Waals surface area contributed by atoms with Crippen molar-refractivity contribution in [1.82, 2.24) is 0 Å². The van der Waals surface area contributed by atoms with E-state index in [2.05, 4.69) is 0 Å². The number of hydrogen-bond donors (Lipinski definition) is 2. The highest BCUT2D eigenvalue weighted by Crippen LogP contribution is 2.27. The van der Waals surface area contributed by atoms with Gasteiger partial charge in [0.25, 0.3) is 0 Å². The van der Waals surface area contributed by atoms with Crippen molar-refractivity contribution in [2.24, 2.45) is 5.73 Å². The molecule has 0 aliphatic carbocycles. The Morgan fingerprint density at radius 3 is 1.41 bits per heavy atom. The van der Waals surface area contributed by atoms with E-state index in [1.165, 1.54) is 0 Å². The van der Waals surface area contributed by atoms with Gasteiger partial charge in [-0.1, -0.05) is 88.4 Å². The van der Waals surface area contributed by atoms with Gasteiger partial charge >= 0.3 is 5.97 Å². The third-order valence-corrected chi connectivity index (χ3v) is 2.96. The first kappa shape index (κ1) is 19.9. The van der Waals surface area contributed by atoms with Crippen LogP contribution < -0.4 is 5.73 Å². The molecule has 0 aromatic heterocycles. The van der Waals surface area contributed by atoms with Crippen molar-refractivity contribution in [3.8, 4) is 0 Å². The molecule has 1 atom stereocenters. The smallest absolute Gasteiger partial charge is 0.321 e. The predicted molar refractivity (Wildman–Crippen MR) is 93.0 cm³/mol. The molecule has 2 aromatic carbocycles. The topological polar surface area (TPSA) is 63.3 Å². The van der Waals surface area contributed by atoms with Crippen LogP contribution in [0, 0.1) is 0 Å². The molecule has 2 rings (SSSR count). The molecule has 3 nitrogen and oxygen atoms in total. The normalized spacial score (nSPS) is 10.6. The highest BCUT2D eigenvalue weighted by molar-refractivity contribution is 5.75. The maximum Gasteiger partial charge on any atom is 0.321 e. The first-order valence-electron chi connectivity index (χ1n) is 7.78. The molecular formula is C19H27NO2. The van der Waals surface area contributed by atoms with Gasteiger partial charge in [0.05, 0.1) is 0 Å². The van der Waals surface area contributed by atoms with E-state index in [1.54, 1.807) is 0 Å². The lowest BCUT2D eigenvalue weighted by molar-refractivity contribution is -0.138. The minimum atomic E-state index is -0.993. The van der Waals surface area contributed by atoms with Gasteiger partial charge in [0.15, 0.2) is 0 Å². The third kappa shape index (κ3) is 5.70. The summed E-state index contributed by atoms with van der Waals surface area (Å²) in [4.78, 5) is 11.2. The van der Waals surface area contributed by atoms with Crippen LogP contribution in [0.1, 0.15) is 44.7 Å². The van der Waals surface area contributed by atoms with E-state index in [0.29, 0.717) is 0 Å². The fourth-order valence-corrected chi connectivity index (χ4v) is 2.07. The molecule has 3 heteroatoms. The lowest BCUT2D eigenvalue weighted by atomic mass is 9.85. The Labute approximate surface area is 133 Å². The van der Waals surface area contributed by atoms with E-state index in [9.17, 15) is 4.79 Å². The Kier molecular flexibility index (Phi) is 10.4. The van der Waals surface area contributed by atoms with Gasteiger partial charge in [-0.15, -0.1) is 0 Å². The maximum atomic E-state index is 11.2. The predicted octanol–water partition coefficient (Wildman–Crippen LogP) is 4.28. The summed E-state index contributed by atoms with van der Waals surface area (Å²) >= 11 is 0. The van der Waals surface area contributed by atoms with E-state index < -0.39 is 12.0 Å². The first-order chi connectivity index (χ1) is 10.7. The molecule has 0 saturated heterocycles. The van der Waals surface area contributed by atoms with Crippen molar-refractivity contribution in [1.29, 1.82) is 0 Å². The second kappa shape index (κ2) is 11.5. The zero-order chi connectivity index (χ0) is 17.0. The van der Waals surface area contributed by atoms with Crippen molar-refractivity contribution < 1.29 is 9.90 Å². The minimum absolute atomic E-state index is 0.329. The molecular weight excluding hydrogens is 274 g/mol. The van der Waals surface area contributed by atoms with E-state index >= 15 is 0 Å². The molecule has 120 valence electrons. The summed E-state index contributed by atoms with van der Waals surface area (Å²) in [7, 11) is 0. The Hall–Kier alpha value is -2.13. The Bertz CT molecular complexity index is 472. The molecule has 0 saturated carbocycles. The number of hydrogen-bond acceptors (Lipinski definition) is 2. The second-order valence-corrected chi connectivity index (χ2v) is 4.16. The van der Waals surface area contributed by atoms with Crippen LogP contribution in [0.3, 0.4) is 0 Å². The lowest BCUT2D eigenvalue weighted by Crippen LogP contribution is -2.37. The van der Waals surface area contributed by atoms with Gasteiger partial charge in [0.2, 0.25) is 0 Å². The number of carboxylic acid groups (broad SMARTS) is 1. The van der Waals surface area contributed by atoms with Crippen LogP contribution in [-0.2, 0) is 4.79 Å². The average molecular weight is 301 g/mol. The van der Waals surface area contributed by atoms with E-state index in [-0.39, 0.29) is 5.92 Å². The summed E-state index contributed by atoms with van der Waals surface area (Å²) < 4.78 is 0. The summed E-state index contributed by atoms with van der Waals surface area (Å²) in [6.45, 7) is 8.00.